The van der Waals surface area contributed by atoms with Gasteiger partial charge in [-0.2, -0.15) is 0 Å². The van der Waals surface area contributed by atoms with Crippen molar-refractivity contribution >= 4 is 51.2 Å². The molecule has 0 saturated carbocycles. The highest BCUT2D eigenvalue weighted by atomic mass is 35.7. The van der Waals surface area contributed by atoms with Crippen molar-refractivity contribution < 1.29 is 50.1 Å². The average Bonchev–Trinajstić information content (AvgIpc) is 2.80. The maximum atomic E-state index is 11.5. The van der Waals surface area contributed by atoms with Crippen LogP contribution in [0.5, 0.6) is 23.0 Å². The van der Waals surface area contributed by atoms with E-state index in [4.69, 9.17) is 40.3 Å². The topological polar surface area (TPSA) is 149 Å². The number of methoxy groups -OCH3 is 5. The van der Waals surface area contributed by atoms with Crippen LogP contribution in [0, 0.1) is 0 Å². The summed E-state index contributed by atoms with van der Waals surface area (Å²) >= 11 is 0. The van der Waals surface area contributed by atoms with Gasteiger partial charge < -0.3 is 23.7 Å². The molecule has 0 bridgehead atoms. The van der Waals surface area contributed by atoms with Crippen molar-refractivity contribution in [3.8, 4) is 23.0 Å². The molecular formula is C21H26Cl2O11S2. The number of halogens is 2. The van der Waals surface area contributed by atoms with Crippen molar-refractivity contribution in [1.29, 1.82) is 0 Å². The Bertz CT molecular complexity index is 1320. The van der Waals surface area contributed by atoms with Crippen molar-refractivity contribution in [2.75, 3.05) is 35.5 Å². The fraction of sp³-hybridized carbons (Fsp3) is 0.333. The van der Waals surface area contributed by atoms with Gasteiger partial charge in [0.2, 0.25) is 0 Å². The lowest BCUT2D eigenvalue weighted by molar-refractivity contribution is 0.0596. The zero-order valence-electron chi connectivity index (χ0n) is 19.4. The van der Waals surface area contributed by atoms with E-state index in [0.717, 1.165) is 12.1 Å². The Morgan fingerprint density at radius 3 is 1.25 bits per heavy atom. The largest absolute Gasteiger partial charge is 0.496 e. The fourth-order valence-electron chi connectivity index (χ4n) is 2.67. The monoisotopic (exact) mass is 588 g/mol. The molecule has 0 aliphatic carbocycles. The van der Waals surface area contributed by atoms with Crippen LogP contribution in [0.2, 0.25) is 0 Å². The van der Waals surface area contributed by atoms with Crippen molar-refractivity contribution in [2.24, 2.45) is 0 Å². The second-order valence-corrected chi connectivity index (χ2v) is 11.4. The molecular weight excluding hydrogens is 563 g/mol. The first-order chi connectivity index (χ1) is 16.2. The van der Waals surface area contributed by atoms with Gasteiger partial charge in [0.15, 0.2) is 5.78 Å². The van der Waals surface area contributed by atoms with Gasteiger partial charge >= 0.3 is 5.97 Å². The Labute approximate surface area is 219 Å². The van der Waals surface area contributed by atoms with Crippen molar-refractivity contribution in [3.05, 3.63) is 35.4 Å². The highest BCUT2D eigenvalue weighted by Crippen LogP contribution is 2.35. The van der Waals surface area contributed by atoms with Crippen molar-refractivity contribution in [1.82, 2.24) is 0 Å². The second kappa shape index (κ2) is 13.5. The van der Waals surface area contributed by atoms with Gasteiger partial charge in [0.05, 0.1) is 41.1 Å². The van der Waals surface area contributed by atoms with Crippen LogP contribution in [0.15, 0.2) is 34.1 Å². The summed E-state index contributed by atoms with van der Waals surface area (Å²) in [7, 11) is 8.92. The molecule has 0 spiro atoms. The van der Waals surface area contributed by atoms with Gasteiger partial charge in [-0.1, -0.05) is 7.43 Å². The molecule has 11 nitrogen and oxygen atoms in total. The molecule has 2 aromatic rings. The second-order valence-electron chi connectivity index (χ2n) is 6.33. The molecule has 0 radical (unpaired) electrons. The molecule has 36 heavy (non-hydrogen) atoms. The van der Waals surface area contributed by atoms with Crippen molar-refractivity contribution in [3.63, 3.8) is 0 Å². The maximum absolute atomic E-state index is 11.5. The van der Waals surface area contributed by atoms with E-state index in [9.17, 15) is 26.4 Å². The molecule has 0 aliphatic rings. The Morgan fingerprint density at radius 1 is 0.639 bits per heavy atom. The number of carbonyl (C=O) groups is 2. The Hall–Kier alpha value is -2.74. The fourth-order valence-corrected chi connectivity index (χ4v) is 4.67. The van der Waals surface area contributed by atoms with Crippen LogP contribution in [0.4, 0.5) is 0 Å². The number of rotatable bonds is 8. The third kappa shape index (κ3) is 8.15. The van der Waals surface area contributed by atoms with Crippen LogP contribution < -0.4 is 18.9 Å². The van der Waals surface area contributed by atoms with Crippen molar-refractivity contribution in [2.45, 2.75) is 24.1 Å². The third-order valence-electron chi connectivity index (χ3n) is 4.28. The van der Waals surface area contributed by atoms with Gasteiger partial charge in [-0.25, -0.2) is 21.6 Å². The lowest BCUT2D eigenvalue weighted by Crippen LogP contribution is -2.07. The molecule has 0 N–H and O–H groups in total. The molecule has 0 unspecified atom stereocenters. The summed E-state index contributed by atoms with van der Waals surface area (Å²) in [6.07, 6.45) is 0. The quantitative estimate of drug-likeness (QED) is 0.251. The molecule has 0 aromatic heterocycles. The number of Topliss-reactive ketones (excluding diaryl/α,β-unsaturated/α-hetero) is 1. The molecule has 0 atom stereocenters. The predicted octanol–water partition coefficient (Wildman–Crippen LogP) is 3.89. The Morgan fingerprint density at radius 2 is 0.972 bits per heavy atom. The van der Waals surface area contributed by atoms with E-state index in [1.807, 2.05) is 0 Å². The van der Waals surface area contributed by atoms with Gasteiger partial charge in [0.25, 0.3) is 18.1 Å². The summed E-state index contributed by atoms with van der Waals surface area (Å²) in [4.78, 5) is 22.3. The maximum Gasteiger partial charge on any atom is 0.341 e. The van der Waals surface area contributed by atoms with E-state index in [1.165, 1.54) is 54.6 Å². The van der Waals surface area contributed by atoms with E-state index in [-0.39, 0.29) is 57.1 Å². The van der Waals surface area contributed by atoms with Crippen LogP contribution in [0.25, 0.3) is 0 Å². The minimum atomic E-state index is -4.05. The first kappa shape index (κ1) is 33.3. The molecule has 0 amide bonds. The molecule has 15 heteroatoms. The van der Waals surface area contributed by atoms with Crippen LogP contribution in [-0.2, 0) is 22.8 Å². The SMILES string of the molecule is C.COC(=O)c1cc(S(=O)(=O)Cl)c(OC)cc1OC.COc1cc(OC)c(S(=O)(=O)Cl)cc1C(C)=O. The van der Waals surface area contributed by atoms with E-state index in [2.05, 4.69) is 4.74 Å². The smallest absolute Gasteiger partial charge is 0.341 e. The summed E-state index contributed by atoms with van der Waals surface area (Å²) < 4.78 is 69.6. The lowest BCUT2D eigenvalue weighted by Gasteiger charge is -2.11. The highest BCUT2D eigenvalue weighted by molar-refractivity contribution is 8.14. The third-order valence-corrected chi connectivity index (χ3v) is 6.97. The van der Waals surface area contributed by atoms with Crippen LogP contribution >= 0.6 is 21.4 Å². The zero-order chi connectivity index (χ0) is 27.1. The minimum absolute atomic E-state index is 0. The van der Waals surface area contributed by atoms with E-state index in [1.54, 1.807) is 0 Å². The van der Waals surface area contributed by atoms with Gasteiger partial charge in [0, 0.05) is 33.5 Å². The molecule has 2 aromatic carbocycles. The summed E-state index contributed by atoms with van der Waals surface area (Å²) in [5.41, 5.74) is 0.0764. The predicted molar refractivity (Wildman–Crippen MR) is 133 cm³/mol. The van der Waals surface area contributed by atoms with Gasteiger partial charge in [-0.15, -0.1) is 0 Å². The summed E-state index contributed by atoms with van der Waals surface area (Å²) in [6, 6.07) is 4.75. The minimum Gasteiger partial charge on any atom is -0.496 e. The lowest BCUT2D eigenvalue weighted by atomic mass is 10.1. The molecule has 0 heterocycles. The van der Waals surface area contributed by atoms with Gasteiger partial charge in [0.1, 0.15) is 38.4 Å². The first-order valence-electron chi connectivity index (χ1n) is 9.16. The van der Waals surface area contributed by atoms with E-state index >= 15 is 0 Å². The normalized spacial score (nSPS) is 10.7. The number of ether oxygens (including phenoxy) is 5. The Balaban J connectivity index is 0.000000663. The standard InChI is InChI=1S/C10H11ClO6S.C10H11ClO5S.CH4/c1-15-7-5-8(16-2)9(18(11,13)14)4-6(7)10(12)17-3;1-6(12)7-4-10(17(11,13)14)9(16-3)5-8(7)15-2;/h4-5H,1-3H3;4-5H,1-3H3;1H4. The van der Waals surface area contributed by atoms with Gasteiger partial charge in [-0.3, -0.25) is 4.79 Å². The number of hydrogen-bond donors (Lipinski definition) is 0. The van der Waals surface area contributed by atoms with E-state index in [0.29, 0.717) is 0 Å². The van der Waals surface area contributed by atoms with Crippen LogP contribution in [0.1, 0.15) is 35.1 Å². The molecule has 0 aliphatic heterocycles. The molecule has 2 rings (SSSR count). The number of ketones is 1. The number of hydrogen-bond acceptors (Lipinski definition) is 11. The average molecular weight is 589 g/mol. The number of esters is 1. The van der Waals surface area contributed by atoms with Crippen LogP contribution in [0.3, 0.4) is 0 Å². The number of benzene rings is 2. The van der Waals surface area contributed by atoms with Crippen LogP contribution in [-0.4, -0.2) is 64.1 Å². The molecule has 0 saturated heterocycles. The molecule has 0 fully saturated rings. The summed E-state index contributed by atoms with van der Waals surface area (Å²) in [5.74, 6) is -0.695. The highest BCUT2D eigenvalue weighted by Gasteiger charge is 2.24. The van der Waals surface area contributed by atoms with E-state index < -0.39 is 24.1 Å². The molecule has 202 valence electrons. The Kier molecular flexibility index (Phi) is 12.5. The zero-order valence-corrected chi connectivity index (χ0v) is 22.5. The number of carbonyl (C=O) groups excluding carboxylic acids is 2. The first-order valence-corrected chi connectivity index (χ1v) is 13.8. The van der Waals surface area contributed by atoms with Gasteiger partial charge in [-0.05, 0) is 19.1 Å². The summed E-state index contributed by atoms with van der Waals surface area (Å²) in [6.45, 7) is 1.30. The summed E-state index contributed by atoms with van der Waals surface area (Å²) in [5, 5.41) is 0.